The highest BCUT2D eigenvalue weighted by molar-refractivity contribution is 6.09. The van der Waals surface area contributed by atoms with E-state index in [1.807, 2.05) is 73.6 Å². The molecule has 2 fully saturated rings. The van der Waals surface area contributed by atoms with Crippen molar-refractivity contribution < 1.29 is 32.6 Å². The maximum atomic E-state index is 14.1. The van der Waals surface area contributed by atoms with E-state index in [1.54, 1.807) is 29.0 Å². The van der Waals surface area contributed by atoms with E-state index in [0.717, 1.165) is 120 Å². The lowest BCUT2D eigenvalue weighted by atomic mass is 10.1. The van der Waals surface area contributed by atoms with Crippen LogP contribution in [0, 0.1) is 25.7 Å². The van der Waals surface area contributed by atoms with Crippen molar-refractivity contribution in [1.82, 2.24) is 38.7 Å². The zero-order chi connectivity index (χ0) is 46.8. The number of aromatic amines is 1. The first-order chi connectivity index (χ1) is 30.8. The van der Waals surface area contributed by atoms with Gasteiger partial charge < -0.3 is 38.1 Å². The minimum Gasteiger partial charge on any atom is -0.497 e. The quantitative estimate of drug-likeness (QED) is 0.142. The van der Waals surface area contributed by atoms with Crippen molar-refractivity contribution in [3.05, 3.63) is 82.0 Å². The Bertz CT molecular complexity index is 2730. The molecule has 6 heterocycles. The molecule has 1 N–H and O–H groups in total. The summed E-state index contributed by atoms with van der Waals surface area (Å²) >= 11 is 0. The number of nitrogens with zero attached hydrogens (tertiary/aromatic N) is 7. The highest BCUT2D eigenvalue weighted by atomic mass is 19.1. The predicted molar refractivity (Wildman–Crippen MR) is 251 cm³/mol. The number of pyridine rings is 2. The van der Waals surface area contributed by atoms with Crippen LogP contribution in [0.3, 0.4) is 0 Å². The monoisotopic (exact) mass is 898 g/mol. The van der Waals surface area contributed by atoms with Gasteiger partial charge in [0.1, 0.15) is 17.0 Å². The molecular formula is C49H64F2N8O6. The number of fused-ring (bicyclic) bond motifs is 6. The summed E-state index contributed by atoms with van der Waals surface area (Å²) in [6.07, 6.45) is 1.32. The summed E-state index contributed by atoms with van der Waals surface area (Å²) in [4.78, 5) is 51.7. The van der Waals surface area contributed by atoms with E-state index >= 15 is 0 Å². The summed E-state index contributed by atoms with van der Waals surface area (Å²) in [5, 5.41) is 3.59. The van der Waals surface area contributed by atoms with E-state index in [2.05, 4.69) is 28.9 Å². The maximum Gasteiger partial charge on any atom is 0.410 e. The Balaban J connectivity index is 0.000000194. The SMILES string of the molecule is COc1ccc2c3cc(F)nc(C)c3n(CCCN3CCN(C(=O)OC(C)(C)C)CC3)c2c1.Cc1[nH]c(F)cc2c3ccc(=O)cc3n(CCCN3CCN(C(=O)OC(C)(C)C)CC3)c12. The highest BCUT2D eigenvalue weighted by Crippen LogP contribution is 2.34. The number of hydrogen-bond acceptors (Lipinski definition) is 9. The fraction of sp³-hybridized carbons (Fsp3) is 0.510. The molecule has 2 amide bonds. The van der Waals surface area contributed by atoms with Crippen LogP contribution in [0.1, 0.15) is 65.8 Å². The molecular weight excluding hydrogens is 835 g/mol. The number of H-pyrrole nitrogens is 1. The molecule has 4 aromatic heterocycles. The fourth-order valence-corrected chi connectivity index (χ4v) is 9.02. The summed E-state index contributed by atoms with van der Waals surface area (Å²) in [5.74, 6) is -0.0725. The van der Waals surface area contributed by atoms with Crippen LogP contribution in [-0.2, 0) is 22.6 Å². The first-order valence-corrected chi connectivity index (χ1v) is 22.6. The van der Waals surface area contributed by atoms with Gasteiger partial charge in [-0.05, 0) is 106 Å². The van der Waals surface area contributed by atoms with Crippen molar-refractivity contribution in [3.63, 3.8) is 0 Å². The van der Waals surface area contributed by atoms with Gasteiger partial charge in [-0.25, -0.2) is 14.6 Å². The first kappa shape index (κ1) is 47.2. The highest BCUT2D eigenvalue weighted by Gasteiger charge is 2.27. The summed E-state index contributed by atoms with van der Waals surface area (Å²) < 4.78 is 48.8. The number of aromatic nitrogens is 4. The van der Waals surface area contributed by atoms with Crippen LogP contribution in [0.25, 0.3) is 43.6 Å². The summed E-state index contributed by atoms with van der Waals surface area (Å²) in [6, 6.07) is 13.9. The van der Waals surface area contributed by atoms with Gasteiger partial charge in [0.2, 0.25) is 5.95 Å². The van der Waals surface area contributed by atoms with E-state index in [9.17, 15) is 23.2 Å². The van der Waals surface area contributed by atoms with Gasteiger partial charge in [-0.1, -0.05) is 0 Å². The van der Waals surface area contributed by atoms with Crippen LogP contribution in [0.2, 0.25) is 0 Å². The Morgan fingerprint density at radius 3 is 1.66 bits per heavy atom. The van der Waals surface area contributed by atoms with Crippen molar-refractivity contribution in [2.24, 2.45) is 0 Å². The topological polar surface area (TPSA) is 130 Å². The normalized spacial score (nSPS) is 15.5. The second-order valence-corrected chi connectivity index (χ2v) is 19.1. The number of amides is 2. The van der Waals surface area contributed by atoms with Crippen molar-refractivity contribution >= 4 is 55.8 Å². The van der Waals surface area contributed by atoms with Gasteiger partial charge in [-0.15, -0.1) is 0 Å². The number of rotatable bonds is 9. The summed E-state index contributed by atoms with van der Waals surface area (Å²) in [5.41, 5.74) is 4.17. The molecule has 0 saturated carbocycles. The number of ether oxygens (including phenoxy) is 3. The molecule has 65 heavy (non-hydrogen) atoms. The van der Waals surface area contributed by atoms with Gasteiger partial charge in [0.15, 0.2) is 11.4 Å². The Morgan fingerprint density at radius 2 is 1.14 bits per heavy atom. The van der Waals surface area contributed by atoms with E-state index in [1.165, 1.54) is 18.2 Å². The third kappa shape index (κ3) is 11.2. The number of carbonyl (C=O) groups excluding carboxylic acids is 2. The zero-order valence-electron chi connectivity index (χ0n) is 39.4. The molecule has 2 saturated heterocycles. The second-order valence-electron chi connectivity index (χ2n) is 19.1. The lowest BCUT2D eigenvalue weighted by Crippen LogP contribution is -2.50. The number of halogens is 2. The van der Waals surface area contributed by atoms with Crippen molar-refractivity contribution in [3.8, 4) is 5.75 Å². The Kier molecular flexibility index (Phi) is 14.1. The summed E-state index contributed by atoms with van der Waals surface area (Å²) in [6.45, 7) is 24.2. The lowest BCUT2D eigenvalue weighted by Gasteiger charge is -2.35. The third-order valence-corrected chi connectivity index (χ3v) is 12.0. The van der Waals surface area contributed by atoms with Gasteiger partial charge in [0.05, 0.1) is 34.9 Å². The zero-order valence-corrected chi connectivity index (χ0v) is 39.4. The van der Waals surface area contributed by atoms with E-state index < -0.39 is 17.1 Å². The number of carbonyl (C=O) groups is 2. The van der Waals surface area contributed by atoms with E-state index in [0.29, 0.717) is 31.9 Å². The molecule has 0 atom stereocenters. The van der Waals surface area contributed by atoms with Crippen LogP contribution in [-0.4, -0.2) is 135 Å². The first-order valence-electron chi connectivity index (χ1n) is 22.6. The molecule has 0 bridgehead atoms. The average molecular weight is 899 g/mol. The Labute approximate surface area is 379 Å². The third-order valence-electron chi connectivity index (χ3n) is 12.0. The number of piperazine rings is 2. The number of aryl methyl sites for hydroxylation is 4. The lowest BCUT2D eigenvalue weighted by molar-refractivity contribution is 0.0134. The standard InChI is InChI=1S/C25H33FN4O3.C24H31FN4O3/c1-17-23-20(16-22(26)27-17)19-8-7-18(32-5)15-21(19)30(23)10-6-9-28-11-13-29(14-12-28)24(31)33-25(2,3)4;1-16-22-19(15-21(25)26-16)18-7-6-17(30)14-20(18)29(22)9-5-8-27-10-12-28(13-11-27)23(31)32-24(2,3)4/h7-8,15-16H,6,9-14H2,1-5H3;6-7,14-15,26H,5,8-13H2,1-4H3. The largest absolute Gasteiger partial charge is 0.497 e. The molecule has 2 aromatic carbocycles. The summed E-state index contributed by atoms with van der Waals surface area (Å²) in [7, 11) is 1.65. The Hall–Kier alpha value is -5.74. The second kappa shape index (κ2) is 19.4. The average Bonchev–Trinajstić information content (AvgIpc) is 3.71. The van der Waals surface area contributed by atoms with Gasteiger partial charge in [0, 0.05) is 117 Å². The predicted octanol–water partition coefficient (Wildman–Crippen LogP) is 8.46. The number of nitrogens with one attached hydrogen (secondary N) is 1. The van der Waals surface area contributed by atoms with E-state index in [-0.39, 0.29) is 23.6 Å². The van der Waals surface area contributed by atoms with E-state index in [4.69, 9.17) is 14.2 Å². The van der Waals surface area contributed by atoms with Crippen LogP contribution in [0.5, 0.6) is 5.75 Å². The molecule has 14 nitrogen and oxygen atoms in total. The van der Waals surface area contributed by atoms with Gasteiger partial charge in [-0.3, -0.25) is 14.6 Å². The molecule has 0 unspecified atom stereocenters. The molecule has 6 aromatic rings. The molecule has 0 aliphatic carbocycles. The number of benzene rings is 2. The molecule has 16 heteroatoms. The van der Waals surface area contributed by atoms with Crippen molar-refractivity contribution in [2.45, 2.75) is 92.5 Å². The number of hydrogen-bond donors (Lipinski definition) is 1. The van der Waals surface area contributed by atoms with Gasteiger partial charge in [0.25, 0.3) is 0 Å². The van der Waals surface area contributed by atoms with Crippen LogP contribution in [0.4, 0.5) is 18.4 Å². The van der Waals surface area contributed by atoms with Crippen molar-refractivity contribution in [2.75, 3.05) is 72.6 Å². The molecule has 2 aliphatic rings. The molecule has 0 spiro atoms. The fourth-order valence-electron chi connectivity index (χ4n) is 9.02. The van der Waals surface area contributed by atoms with Gasteiger partial charge >= 0.3 is 12.2 Å². The van der Waals surface area contributed by atoms with Crippen molar-refractivity contribution in [1.29, 1.82) is 0 Å². The minimum atomic E-state index is -0.487. The van der Waals surface area contributed by atoms with Crippen LogP contribution < -0.4 is 10.2 Å². The Morgan fingerprint density at radius 1 is 0.646 bits per heavy atom. The maximum absolute atomic E-state index is 14.1. The molecule has 350 valence electrons. The number of methoxy groups -OCH3 is 1. The smallest absolute Gasteiger partial charge is 0.410 e. The van der Waals surface area contributed by atoms with Crippen LogP contribution in [0.15, 0.2) is 53.3 Å². The van der Waals surface area contributed by atoms with Crippen LogP contribution >= 0.6 is 0 Å². The molecule has 2 aliphatic heterocycles. The van der Waals surface area contributed by atoms with Gasteiger partial charge in [-0.2, -0.15) is 8.78 Å². The minimum absolute atomic E-state index is 0.0538. The molecule has 8 rings (SSSR count). The molecule has 0 radical (unpaired) electrons.